The highest BCUT2D eigenvalue weighted by Gasteiger charge is 2.37. The summed E-state index contributed by atoms with van der Waals surface area (Å²) in [6.07, 6.45) is 7.24. The summed E-state index contributed by atoms with van der Waals surface area (Å²) in [6.45, 7) is 1.16. The SMILES string of the molecule is O=C(O)[C@H]1CC=CC[C@H]1C(=O)N1CCc2ncccc2C1. The zero-order valence-electron chi connectivity index (χ0n) is 11.7. The summed E-state index contributed by atoms with van der Waals surface area (Å²) in [5.41, 5.74) is 2.11. The van der Waals surface area contributed by atoms with Crippen LogP contribution in [0.4, 0.5) is 0 Å². The van der Waals surface area contributed by atoms with Gasteiger partial charge in [-0.25, -0.2) is 0 Å². The molecule has 1 aliphatic carbocycles. The average Bonchev–Trinajstić information content (AvgIpc) is 2.53. The van der Waals surface area contributed by atoms with Crippen LogP contribution in [-0.2, 0) is 22.6 Å². The summed E-state index contributed by atoms with van der Waals surface area (Å²) in [7, 11) is 0. The molecule has 110 valence electrons. The minimum atomic E-state index is -0.878. The molecule has 0 fully saturated rings. The maximum absolute atomic E-state index is 12.7. The van der Waals surface area contributed by atoms with E-state index in [0.29, 0.717) is 25.9 Å². The minimum absolute atomic E-state index is 0.0405. The number of carbonyl (C=O) groups is 2. The topological polar surface area (TPSA) is 70.5 Å². The lowest BCUT2D eigenvalue weighted by atomic mass is 9.81. The predicted molar refractivity (Wildman–Crippen MR) is 76.3 cm³/mol. The summed E-state index contributed by atoms with van der Waals surface area (Å²) >= 11 is 0. The van der Waals surface area contributed by atoms with E-state index in [4.69, 9.17) is 0 Å². The molecule has 1 aromatic rings. The van der Waals surface area contributed by atoms with Crippen LogP contribution in [0.3, 0.4) is 0 Å². The van der Waals surface area contributed by atoms with Crippen molar-refractivity contribution in [1.82, 2.24) is 9.88 Å². The Balaban J connectivity index is 1.77. The lowest BCUT2D eigenvalue weighted by molar-refractivity contribution is -0.151. The highest BCUT2D eigenvalue weighted by molar-refractivity contribution is 5.85. The van der Waals surface area contributed by atoms with Crippen molar-refractivity contribution in [2.24, 2.45) is 11.8 Å². The van der Waals surface area contributed by atoms with E-state index in [2.05, 4.69) is 4.98 Å². The van der Waals surface area contributed by atoms with Crippen molar-refractivity contribution < 1.29 is 14.7 Å². The van der Waals surface area contributed by atoms with Gasteiger partial charge in [-0.15, -0.1) is 0 Å². The molecule has 0 bridgehead atoms. The first-order valence-corrected chi connectivity index (χ1v) is 7.26. The highest BCUT2D eigenvalue weighted by atomic mass is 16.4. The first kappa shape index (κ1) is 13.8. The maximum atomic E-state index is 12.7. The van der Waals surface area contributed by atoms with E-state index in [1.807, 2.05) is 24.3 Å². The number of carboxylic acid groups (broad SMARTS) is 1. The van der Waals surface area contributed by atoms with Gasteiger partial charge in [0.2, 0.25) is 5.91 Å². The fourth-order valence-electron chi connectivity index (χ4n) is 3.15. The van der Waals surface area contributed by atoms with Crippen molar-refractivity contribution in [3.63, 3.8) is 0 Å². The molecule has 21 heavy (non-hydrogen) atoms. The third-order valence-electron chi connectivity index (χ3n) is 4.34. The predicted octanol–water partition coefficient (Wildman–Crippen LogP) is 1.63. The molecule has 2 atom stereocenters. The molecule has 0 spiro atoms. The molecule has 1 aromatic heterocycles. The first-order valence-electron chi connectivity index (χ1n) is 7.26. The largest absolute Gasteiger partial charge is 0.481 e. The Morgan fingerprint density at radius 2 is 2.00 bits per heavy atom. The molecule has 0 radical (unpaired) electrons. The Hall–Kier alpha value is -2.17. The molecule has 0 saturated carbocycles. The zero-order valence-corrected chi connectivity index (χ0v) is 11.7. The van der Waals surface area contributed by atoms with Crippen LogP contribution in [0, 0.1) is 11.8 Å². The molecule has 1 amide bonds. The van der Waals surface area contributed by atoms with Crippen molar-refractivity contribution in [2.45, 2.75) is 25.8 Å². The van der Waals surface area contributed by atoms with Crippen molar-refractivity contribution >= 4 is 11.9 Å². The number of hydrogen-bond acceptors (Lipinski definition) is 3. The first-order chi connectivity index (χ1) is 10.2. The molecule has 1 N–H and O–H groups in total. The Morgan fingerprint density at radius 1 is 1.24 bits per heavy atom. The normalized spacial score (nSPS) is 24.5. The minimum Gasteiger partial charge on any atom is -0.481 e. The molecule has 3 rings (SSSR count). The molecule has 5 heteroatoms. The second-order valence-electron chi connectivity index (χ2n) is 5.61. The van der Waals surface area contributed by atoms with Gasteiger partial charge in [0.1, 0.15) is 0 Å². The number of amides is 1. The van der Waals surface area contributed by atoms with E-state index in [0.717, 1.165) is 17.7 Å². The number of carboxylic acids is 1. The fourth-order valence-corrected chi connectivity index (χ4v) is 3.15. The van der Waals surface area contributed by atoms with E-state index >= 15 is 0 Å². The van der Waals surface area contributed by atoms with E-state index in [1.54, 1.807) is 11.1 Å². The summed E-state index contributed by atoms with van der Waals surface area (Å²) in [5.74, 6) is -1.96. The van der Waals surface area contributed by atoms with Crippen molar-refractivity contribution in [2.75, 3.05) is 6.54 Å². The van der Waals surface area contributed by atoms with Crippen LogP contribution in [0.2, 0.25) is 0 Å². The summed E-state index contributed by atoms with van der Waals surface area (Å²) in [5, 5.41) is 9.30. The van der Waals surface area contributed by atoms with Crippen LogP contribution in [0.1, 0.15) is 24.1 Å². The van der Waals surface area contributed by atoms with Crippen LogP contribution >= 0.6 is 0 Å². The molecule has 0 unspecified atom stereocenters. The number of fused-ring (bicyclic) bond motifs is 1. The number of hydrogen-bond donors (Lipinski definition) is 1. The highest BCUT2D eigenvalue weighted by Crippen LogP contribution is 2.29. The monoisotopic (exact) mass is 286 g/mol. The van der Waals surface area contributed by atoms with Gasteiger partial charge in [0.25, 0.3) is 0 Å². The molecule has 0 saturated heterocycles. The second-order valence-corrected chi connectivity index (χ2v) is 5.61. The molecular weight excluding hydrogens is 268 g/mol. The van der Waals surface area contributed by atoms with E-state index in [9.17, 15) is 14.7 Å². The molecule has 0 aromatic carbocycles. The number of carbonyl (C=O) groups excluding carboxylic acids is 1. The fraction of sp³-hybridized carbons (Fsp3) is 0.438. The summed E-state index contributed by atoms with van der Waals surface area (Å²) in [6, 6.07) is 3.85. The van der Waals surface area contributed by atoms with Crippen LogP contribution in [0.25, 0.3) is 0 Å². The maximum Gasteiger partial charge on any atom is 0.307 e. The standard InChI is InChI=1S/C16H18N2O3/c19-15(12-5-1-2-6-13(12)16(20)21)18-9-7-14-11(10-18)4-3-8-17-14/h1-4,8,12-13H,5-7,9-10H2,(H,20,21)/t12-,13+/m1/s1. The molecule has 2 heterocycles. The van der Waals surface area contributed by atoms with Gasteiger partial charge in [-0.2, -0.15) is 0 Å². The Bertz CT molecular complexity index is 597. The quantitative estimate of drug-likeness (QED) is 0.839. The van der Waals surface area contributed by atoms with Crippen LogP contribution in [0.5, 0.6) is 0 Å². The molecule has 2 aliphatic rings. The van der Waals surface area contributed by atoms with E-state index < -0.39 is 17.8 Å². The molecule has 5 nitrogen and oxygen atoms in total. The summed E-state index contributed by atoms with van der Waals surface area (Å²) < 4.78 is 0. The molecule has 1 aliphatic heterocycles. The van der Waals surface area contributed by atoms with Crippen LogP contribution in [-0.4, -0.2) is 33.4 Å². The van der Waals surface area contributed by atoms with Gasteiger partial charge >= 0.3 is 5.97 Å². The number of aliphatic carboxylic acids is 1. The Labute approximate surface area is 123 Å². The van der Waals surface area contributed by atoms with Gasteiger partial charge in [0, 0.05) is 31.4 Å². The lowest BCUT2D eigenvalue weighted by Gasteiger charge is -2.33. The zero-order chi connectivity index (χ0) is 14.8. The number of pyridine rings is 1. The van der Waals surface area contributed by atoms with Gasteiger partial charge < -0.3 is 10.0 Å². The average molecular weight is 286 g/mol. The third-order valence-corrected chi connectivity index (χ3v) is 4.34. The van der Waals surface area contributed by atoms with Gasteiger partial charge in [-0.3, -0.25) is 14.6 Å². The number of rotatable bonds is 2. The van der Waals surface area contributed by atoms with E-state index in [1.165, 1.54) is 0 Å². The van der Waals surface area contributed by atoms with Crippen LogP contribution in [0.15, 0.2) is 30.5 Å². The van der Waals surface area contributed by atoms with Crippen molar-refractivity contribution in [3.8, 4) is 0 Å². The van der Waals surface area contributed by atoms with Gasteiger partial charge in [0.15, 0.2) is 0 Å². The van der Waals surface area contributed by atoms with E-state index in [-0.39, 0.29) is 5.91 Å². The van der Waals surface area contributed by atoms with Crippen molar-refractivity contribution in [1.29, 1.82) is 0 Å². The van der Waals surface area contributed by atoms with Gasteiger partial charge in [-0.1, -0.05) is 18.2 Å². The van der Waals surface area contributed by atoms with Crippen LogP contribution < -0.4 is 0 Å². The number of allylic oxidation sites excluding steroid dienone is 2. The van der Waals surface area contributed by atoms with Gasteiger partial charge in [-0.05, 0) is 24.5 Å². The number of aromatic nitrogens is 1. The van der Waals surface area contributed by atoms with Crippen molar-refractivity contribution in [3.05, 3.63) is 41.7 Å². The lowest BCUT2D eigenvalue weighted by Crippen LogP contribution is -2.44. The molecular formula is C16H18N2O3. The smallest absolute Gasteiger partial charge is 0.307 e. The second kappa shape index (κ2) is 5.68. The Kier molecular flexibility index (Phi) is 3.73. The van der Waals surface area contributed by atoms with Gasteiger partial charge in [0.05, 0.1) is 11.8 Å². The number of nitrogens with zero attached hydrogens (tertiary/aromatic N) is 2. The Morgan fingerprint density at radius 3 is 2.76 bits per heavy atom. The summed E-state index contributed by atoms with van der Waals surface area (Å²) in [4.78, 5) is 30.1. The third kappa shape index (κ3) is 2.68.